The smallest absolute Gasteiger partial charge is 0.158 e. The fourth-order valence-electron chi connectivity index (χ4n) is 2.00. The van der Waals surface area contributed by atoms with Gasteiger partial charge in [-0.1, -0.05) is 12.1 Å². The van der Waals surface area contributed by atoms with Crippen LogP contribution < -0.4 is 5.32 Å². The lowest BCUT2D eigenvalue weighted by molar-refractivity contribution is -0.138. The van der Waals surface area contributed by atoms with Gasteiger partial charge in [0.15, 0.2) is 6.29 Å². The quantitative estimate of drug-likeness (QED) is 0.703. The monoisotopic (exact) mass is 283 g/mol. The van der Waals surface area contributed by atoms with Gasteiger partial charge in [-0.25, -0.2) is 4.39 Å². The van der Waals surface area contributed by atoms with Gasteiger partial charge in [-0.05, 0) is 44.9 Å². The Hall–Kier alpha value is -0.970. The van der Waals surface area contributed by atoms with Crippen molar-refractivity contribution in [3.05, 3.63) is 35.1 Å². The van der Waals surface area contributed by atoms with Crippen LogP contribution in [0.3, 0.4) is 0 Å². The molecule has 1 unspecified atom stereocenters. The Morgan fingerprint density at radius 2 is 1.85 bits per heavy atom. The van der Waals surface area contributed by atoms with Crippen molar-refractivity contribution in [1.29, 1.82) is 0 Å². The first-order valence-corrected chi connectivity index (χ1v) is 7.31. The van der Waals surface area contributed by atoms with Crippen molar-refractivity contribution in [3.8, 4) is 0 Å². The average Bonchev–Trinajstić information content (AvgIpc) is 2.42. The molecule has 114 valence electrons. The van der Waals surface area contributed by atoms with E-state index in [0.29, 0.717) is 18.8 Å². The molecule has 0 aliphatic heterocycles. The number of rotatable bonds is 9. The van der Waals surface area contributed by atoms with Gasteiger partial charge >= 0.3 is 0 Å². The molecule has 0 spiro atoms. The highest BCUT2D eigenvalue weighted by molar-refractivity contribution is 5.25. The summed E-state index contributed by atoms with van der Waals surface area (Å²) in [5.41, 5.74) is 1.63. The first kappa shape index (κ1) is 17.1. The zero-order chi connectivity index (χ0) is 15.0. The van der Waals surface area contributed by atoms with E-state index in [9.17, 15) is 4.39 Å². The van der Waals surface area contributed by atoms with Crippen LogP contribution in [-0.4, -0.2) is 26.0 Å². The summed E-state index contributed by atoms with van der Waals surface area (Å²) in [7, 11) is 0. The van der Waals surface area contributed by atoms with Crippen molar-refractivity contribution in [2.45, 2.75) is 46.4 Å². The maximum absolute atomic E-state index is 13.5. The number of benzene rings is 1. The van der Waals surface area contributed by atoms with Gasteiger partial charge in [0.05, 0.1) is 0 Å². The molecule has 1 atom stereocenters. The molecule has 0 aliphatic rings. The third-order valence-electron chi connectivity index (χ3n) is 3.23. The van der Waals surface area contributed by atoms with Crippen LogP contribution in [-0.2, 0) is 9.47 Å². The fraction of sp³-hybridized carbons (Fsp3) is 0.625. The van der Waals surface area contributed by atoms with E-state index in [1.54, 1.807) is 13.0 Å². The van der Waals surface area contributed by atoms with Gasteiger partial charge in [0.1, 0.15) is 5.82 Å². The summed E-state index contributed by atoms with van der Waals surface area (Å²) in [6, 6.07) is 5.47. The van der Waals surface area contributed by atoms with Gasteiger partial charge in [-0.2, -0.15) is 0 Å². The zero-order valence-corrected chi connectivity index (χ0v) is 12.9. The first-order valence-electron chi connectivity index (χ1n) is 7.31. The average molecular weight is 283 g/mol. The van der Waals surface area contributed by atoms with Gasteiger partial charge < -0.3 is 14.8 Å². The number of nitrogens with one attached hydrogen (secondary N) is 1. The van der Waals surface area contributed by atoms with Crippen molar-refractivity contribution in [3.63, 3.8) is 0 Å². The minimum Gasteiger partial charge on any atom is -0.353 e. The molecular weight excluding hydrogens is 257 g/mol. The third-order valence-corrected chi connectivity index (χ3v) is 3.23. The van der Waals surface area contributed by atoms with Crippen LogP contribution in [0.1, 0.15) is 44.4 Å². The number of hydrogen-bond donors (Lipinski definition) is 1. The van der Waals surface area contributed by atoms with Gasteiger partial charge in [-0.15, -0.1) is 0 Å². The molecule has 0 aromatic heterocycles. The second-order valence-electron chi connectivity index (χ2n) is 4.81. The van der Waals surface area contributed by atoms with Crippen LogP contribution in [0.4, 0.5) is 4.39 Å². The SMILES string of the molecule is CCOC(CCNC(C)c1ccc(C)c(F)c1)OCC. The second kappa shape index (κ2) is 9.06. The molecule has 1 aromatic rings. The van der Waals surface area contributed by atoms with E-state index in [1.165, 1.54) is 0 Å². The lowest BCUT2D eigenvalue weighted by Crippen LogP contribution is -2.26. The molecule has 20 heavy (non-hydrogen) atoms. The number of halogens is 1. The van der Waals surface area contributed by atoms with Crippen molar-refractivity contribution in [2.75, 3.05) is 19.8 Å². The number of ether oxygens (including phenoxy) is 2. The minimum atomic E-state index is -0.167. The Labute approximate surface area is 121 Å². The van der Waals surface area contributed by atoms with Crippen LogP contribution in [0.25, 0.3) is 0 Å². The Morgan fingerprint density at radius 1 is 1.20 bits per heavy atom. The van der Waals surface area contributed by atoms with Crippen LogP contribution in [0.5, 0.6) is 0 Å². The standard InChI is InChI=1S/C16H26FNO2/c1-5-19-16(20-6-2)9-10-18-13(4)14-8-7-12(3)15(17)11-14/h7-8,11,13,16,18H,5-6,9-10H2,1-4H3. The highest BCUT2D eigenvalue weighted by atomic mass is 19.1. The molecule has 1 N–H and O–H groups in total. The van der Waals surface area contributed by atoms with Crippen molar-refractivity contribution in [1.82, 2.24) is 5.32 Å². The third kappa shape index (κ3) is 5.57. The molecule has 3 nitrogen and oxygen atoms in total. The molecule has 0 radical (unpaired) electrons. The largest absolute Gasteiger partial charge is 0.353 e. The summed E-state index contributed by atoms with van der Waals surface area (Å²) >= 11 is 0. The second-order valence-corrected chi connectivity index (χ2v) is 4.81. The molecule has 0 fully saturated rings. The minimum absolute atomic E-state index is 0.106. The molecule has 0 bridgehead atoms. The van der Waals surface area contributed by atoms with Gasteiger partial charge in [0.2, 0.25) is 0 Å². The summed E-state index contributed by atoms with van der Waals surface area (Å²) in [5.74, 6) is -0.155. The molecule has 0 saturated heterocycles. The van der Waals surface area contributed by atoms with E-state index in [-0.39, 0.29) is 18.1 Å². The van der Waals surface area contributed by atoms with Gasteiger partial charge in [-0.3, -0.25) is 0 Å². The highest BCUT2D eigenvalue weighted by Gasteiger charge is 2.10. The molecular formula is C16H26FNO2. The lowest BCUT2D eigenvalue weighted by atomic mass is 10.1. The van der Waals surface area contributed by atoms with E-state index in [1.807, 2.05) is 32.9 Å². The molecule has 1 aromatic carbocycles. The Balaban J connectivity index is 2.41. The van der Waals surface area contributed by atoms with Crippen LogP contribution in [0, 0.1) is 12.7 Å². The van der Waals surface area contributed by atoms with Gasteiger partial charge in [0.25, 0.3) is 0 Å². The molecule has 0 heterocycles. The summed E-state index contributed by atoms with van der Waals surface area (Å²) in [6.07, 6.45) is 0.611. The predicted molar refractivity (Wildman–Crippen MR) is 79.2 cm³/mol. The summed E-state index contributed by atoms with van der Waals surface area (Å²) < 4.78 is 24.5. The Kier molecular flexibility index (Phi) is 7.73. The van der Waals surface area contributed by atoms with E-state index in [4.69, 9.17) is 9.47 Å². The van der Waals surface area contributed by atoms with Crippen LogP contribution in [0.15, 0.2) is 18.2 Å². The predicted octanol–water partition coefficient (Wildman–Crippen LogP) is 3.57. The van der Waals surface area contributed by atoms with Crippen LogP contribution >= 0.6 is 0 Å². The molecule has 1 rings (SSSR count). The normalized spacial score (nSPS) is 12.9. The maximum Gasteiger partial charge on any atom is 0.158 e. The number of aryl methyl sites for hydroxylation is 1. The summed E-state index contributed by atoms with van der Waals surface area (Å²) in [5, 5.41) is 3.37. The zero-order valence-electron chi connectivity index (χ0n) is 12.9. The first-order chi connectivity index (χ1) is 9.58. The number of hydrogen-bond acceptors (Lipinski definition) is 3. The molecule has 0 amide bonds. The van der Waals surface area contributed by atoms with E-state index in [2.05, 4.69) is 5.32 Å². The summed E-state index contributed by atoms with van der Waals surface area (Å²) in [6.45, 7) is 9.76. The summed E-state index contributed by atoms with van der Waals surface area (Å²) in [4.78, 5) is 0. The van der Waals surface area contributed by atoms with E-state index >= 15 is 0 Å². The van der Waals surface area contributed by atoms with Crippen molar-refractivity contribution >= 4 is 0 Å². The van der Waals surface area contributed by atoms with E-state index < -0.39 is 0 Å². The van der Waals surface area contributed by atoms with Crippen molar-refractivity contribution < 1.29 is 13.9 Å². The van der Waals surface area contributed by atoms with Crippen LogP contribution in [0.2, 0.25) is 0 Å². The maximum atomic E-state index is 13.5. The molecule has 0 saturated carbocycles. The van der Waals surface area contributed by atoms with E-state index in [0.717, 1.165) is 18.5 Å². The highest BCUT2D eigenvalue weighted by Crippen LogP contribution is 2.16. The fourth-order valence-corrected chi connectivity index (χ4v) is 2.00. The Morgan fingerprint density at radius 3 is 2.40 bits per heavy atom. The lowest BCUT2D eigenvalue weighted by Gasteiger charge is -2.19. The molecule has 0 aliphatic carbocycles. The molecule has 4 heteroatoms. The van der Waals surface area contributed by atoms with Crippen molar-refractivity contribution in [2.24, 2.45) is 0 Å². The topological polar surface area (TPSA) is 30.5 Å². The van der Waals surface area contributed by atoms with Gasteiger partial charge in [0, 0.05) is 32.2 Å². The Bertz CT molecular complexity index is 392.